The topological polar surface area (TPSA) is 17.1 Å². The van der Waals surface area contributed by atoms with Crippen molar-refractivity contribution in [3.05, 3.63) is 23.8 Å². The highest BCUT2D eigenvalue weighted by Crippen LogP contribution is 2.39. The number of rotatable bonds is 1. The lowest BCUT2D eigenvalue weighted by Gasteiger charge is -2.32. The third-order valence-electron chi connectivity index (χ3n) is 2.89. The zero-order valence-electron chi connectivity index (χ0n) is 8.11. The summed E-state index contributed by atoms with van der Waals surface area (Å²) in [6.07, 6.45) is 3.87. The van der Waals surface area contributed by atoms with E-state index < -0.39 is 0 Å². The normalized spacial score (nSPS) is 29.9. The van der Waals surface area contributed by atoms with Gasteiger partial charge in [-0.2, -0.15) is 0 Å². The molecule has 1 heteroatoms. The second-order valence-electron chi connectivity index (χ2n) is 3.92. The van der Waals surface area contributed by atoms with E-state index in [1.54, 1.807) is 6.92 Å². The molecule has 1 nitrogen and oxygen atoms in total. The van der Waals surface area contributed by atoms with E-state index in [1.165, 1.54) is 5.57 Å². The molecule has 0 spiro atoms. The van der Waals surface area contributed by atoms with Crippen LogP contribution in [0.5, 0.6) is 0 Å². The number of carbonyl (C=O) groups is 1. The third-order valence-corrected chi connectivity index (χ3v) is 2.89. The molecule has 0 aromatic heterocycles. The van der Waals surface area contributed by atoms with Gasteiger partial charge in [-0.1, -0.05) is 23.8 Å². The zero-order valence-corrected chi connectivity index (χ0v) is 8.11. The van der Waals surface area contributed by atoms with E-state index in [-0.39, 0.29) is 11.2 Å². The molecule has 0 bridgehead atoms. The first kappa shape index (κ1) is 9.24. The Morgan fingerprint density at radius 3 is 2.67 bits per heavy atom. The van der Waals surface area contributed by atoms with Crippen LogP contribution in [0.25, 0.3) is 0 Å². The molecule has 1 aliphatic carbocycles. The molecule has 0 amide bonds. The molecule has 1 rings (SSSR count). The fourth-order valence-electron chi connectivity index (χ4n) is 1.65. The molecule has 0 fully saturated rings. The minimum absolute atomic E-state index is 0.236. The second-order valence-corrected chi connectivity index (χ2v) is 3.92. The fourth-order valence-corrected chi connectivity index (χ4v) is 1.65. The summed E-state index contributed by atoms with van der Waals surface area (Å²) in [5, 5.41) is 0. The van der Waals surface area contributed by atoms with Crippen LogP contribution in [0.2, 0.25) is 0 Å². The Hall–Kier alpha value is -0.850. The van der Waals surface area contributed by atoms with Crippen molar-refractivity contribution in [3.63, 3.8) is 0 Å². The lowest BCUT2D eigenvalue weighted by Crippen LogP contribution is -2.29. The minimum Gasteiger partial charge on any atom is -0.299 e. The van der Waals surface area contributed by atoms with Crippen LogP contribution in [0, 0.1) is 5.41 Å². The summed E-state index contributed by atoms with van der Waals surface area (Å²) in [6, 6.07) is 0. The van der Waals surface area contributed by atoms with Crippen LogP contribution in [0.4, 0.5) is 0 Å². The number of hydrogen-bond donors (Lipinski definition) is 0. The van der Waals surface area contributed by atoms with Crippen molar-refractivity contribution < 1.29 is 4.79 Å². The highest BCUT2D eigenvalue weighted by atomic mass is 16.1. The van der Waals surface area contributed by atoms with E-state index in [2.05, 4.69) is 19.6 Å². The van der Waals surface area contributed by atoms with Crippen LogP contribution < -0.4 is 0 Å². The molecule has 0 saturated heterocycles. The predicted molar refractivity (Wildman–Crippen MR) is 50.9 cm³/mol. The van der Waals surface area contributed by atoms with Crippen LogP contribution in [-0.2, 0) is 4.79 Å². The van der Waals surface area contributed by atoms with Crippen molar-refractivity contribution in [1.29, 1.82) is 0 Å². The number of hydrogen-bond acceptors (Lipinski definition) is 1. The Kier molecular flexibility index (Phi) is 2.22. The summed E-state index contributed by atoms with van der Waals surface area (Å²) < 4.78 is 0. The lowest BCUT2D eigenvalue weighted by molar-refractivity contribution is -0.124. The van der Waals surface area contributed by atoms with Gasteiger partial charge in [-0.05, 0) is 33.6 Å². The summed E-state index contributed by atoms with van der Waals surface area (Å²) in [7, 11) is 0. The average molecular weight is 164 g/mol. The van der Waals surface area contributed by atoms with Gasteiger partial charge < -0.3 is 0 Å². The molecule has 12 heavy (non-hydrogen) atoms. The van der Waals surface area contributed by atoms with Gasteiger partial charge in [0.1, 0.15) is 5.78 Å². The first-order valence-electron chi connectivity index (χ1n) is 4.32. The maximum absolute atomic E-state index is 11.4. The van der Waals surface area contributed by atoms with E-state index in [1.807, 2.05) is 6.92 Å². The van der Waals surface area contributed by atoms with E-state index in [4.69, 9.17) is 0 Å². The minimum atomic E-state index is -0.293. The van der Waals surface area contributed by atoms with Crippen LogP contribution >= 0.6 is 0 Å². The van der Waals surface area contributed by atoms with Crippen molar-refractivity contribution in [1.82, 2.24) is 0 Å². The average Bonchev–Trinajstić information content (AvgIpc) is 1.97. The van der Waals surface area contributed by atoms with Gasteiger partial charge in [0.05, 0.1) is 5.41 Å². The summed E-state index contributed by atoms with van der Waals surface area (Å²) in [6.45, 7) is 9.69. The van der Waals surface area contributed by atoms with Gasteiger partial charge >= 0.3 is 0 Å². The van der Waals surface area contributed by atoms with E-state index in [0.29, 0.717) is 0 Å². The Bertz CT molecular complexity index is 260. The summed E-state index contributed by atoms with van der Waals surface area (Å²) >= 11 is 0. The molecule has 0 heterocycles. The molecule has 1 atom stereocenters. The number of allylic oxidation sites excluding steroid dienone is 3. The Labute approximate surface area is 74.2 Å². The molecule has 1 unspecified atom stereocenters. The SMILES string of the molecule is C=C1CC=C(C)CC1(C)C(C)=O. The van der Waals surface area contributed by atoms with E-state index in [0.717, 1.165) is 18.4 Å². The molecular formula is C11H16O. The molecule has 1 aliphatic rings. The van der Waals surface area contributed by atoms with Crippen molar-refractivity contribution in [3.8, 4) is 0 Å². The quantitative estimate of drug-likeness (QED) is 0.545. The third kappa shape index (κ3) is 1.36. The monoisotopic (exact) mass is 164 g/mol. The fraction of sp³-hybridized carbons (Fsp3) is 0.545. The Balaban J connectivity index is 2.99. The molecule has 66 valence electrons. The van der Waals surface area contributed by atoms with Crippen molar-refractivity contribution >= 4 is 5.78 Å². The van der Waals surface area contributed by atoms with Crippen LogP contribution in [0.15, 0.2) is 23.8 Å². The van der Waals surface area contributed by atoms with Gasteiger partial charge in [0, 0.05) is 0 Å². The Morgan fingerprint density at radius 2 is 2.25 bits per heavy atom. The van der Waals surface area contributed by atoms with Crippen LogP contribution in [0.3, 0.4) is 0 Å². The molecule has 0 aromatic carbocycles. The molecule has 0 aromatic rings. The van der Waals surface area contributed by atoms with Gasteiger partial charge in [-0.3, -0.25) is 4.79 Å². The summed E-state index contributed by atoms with van der Waals surface area (Å²) in [4.78, 5) is 11.4. The molecule has 0 N–H and O–H groups in total. The molecule has 0 aliphatic heterocycles. The maximum Gasteiger partial charge on any atom is 0.140 e. The first-order valence-corrected chi connectivity index (χ1v) is 4.32. The molecular weight excluding hydrogens is 148 g/mol. The van der Waals surface area contributed by atoms with Gasteiger partial charge in [-0.15, -0.1) is 0 Å². The van der Waals surface area contributed by atoms with Crippen molar-refractivity contribution in [2.24, 2.45) is 5.41 Å². The van der Waals surface area contributed by atoms with Crippen molar-refractivity contribution in [2.45, 2.75) is 33.6 Å². The Morgan fingerprint density at radius 1 is 1.67 bits per heavy atom. The van der Waals surface area contributed by atoms with Crippen LogP contribution in [-0.4, -0.2) is 5.78 Å². The molecule has 0 radical (unpaired) electrons. The van der Waals surface area contributed by atoms with Crippen molar-refractivity contribution in [2.75, 3.05) is 0 Å². The molecule has 0 saturated carbocycles. The highest BCUT2D eigenvalue weighted by molar-refractivity contribution is 5.85. The summed E-state index contributed by atoms with van der Waals surface area (Å²) in [5.74, 6) is 0.236. The maximum atomic E-state index is 11.4. The van der Waals surface area contributed by atoms with E-state index >= 15 is 0 Å². The van der Waals surface area contributed by atoms with Gasteiger partial charge in [0.25, 0.3) is 0 Å². The zero-order chi connectivity index (χ0) is 9.35. The standard InChI is InChI=1S/C11H16O/c1-8-5-6-9(2)11(4,7-8)10(3)12/h5H,2,6-7H2,1,3-4H3. The first-order chi connectivity index (χ1) is 5.47. The van der Waals surface area contributed by atoms with E-state index in [9.17, 15) is 4.79 Å². The smallest absolute Gasteiger partial charge is 0.140 e. The number of Topliss-reactive ketones (excluding diaryl/α,β-unsaturated/α-hetero) is 1. The number of ketones is 1. The van der Waals surface area contributed by atoms with Gasteiger partial charge in [0.2, 0.25) is 0 Å². The second kappa shape index (κ2) is 2.89. The van der Waals surface area contributed by atoms with Gasteiger partial charge in [-0.25, -0.2) is 0 Å². The van der Waals surface area contributed by atoms with Gasteiger partial charge in [0.15, 0.2) is 0 Å². The van der Waals surface area contributed by atoms with Crippen LogP contribution in [0.1, 0.15) is 33.6 Å². The largest absolute Gasteiger partial charge is 0.299 e. The highest BCUT2D eigenvalue weighted by Gasteiger charge is 2.34. The lowest BCUT2D eigenvalue weighted by atomic mass is 9.70. The summed E-state index contributed by atoms with van der Waals surface area (Å²) in [5.41, 5.74) is 2.07. The number of carbonyl (C=O) groups excluding carboxylic acids is 1. The predicted octanol–water partition coefficient (Wildman–Crippen LogP) is 2.88.